The van der Waals surface area contributed by atoms with Gasteiger partial charge in [0.15, 0.2) is 0 Å². The zero-order valence-corrected chi connectivity index (χ0v) is 16.6. The number of carbonyl (C=O) groups is 2. The molecule has 34 heavy (non-hydrogen) atoms. The summed E-state index contributed by atoms with van der Waals surface area (Å²) >= 11 is 0. The van der Waals surface area contributed by atoms with Crippen LogP contribution < -0.4 is 0 Å². The molecular weight excluding hydrogens is 488 g/mol. The number of halogens is 8. The quantitative estimate of drug-likeness (QED) is 0.584. The van der Waals surface area contributed by atoms with Crippen molar-refractivity contribution in [1.82, 2.24) is 10.0 Å². The van der Waals surface area contributed by atoms with Crippen LogP contribution in [0.5, 0.6) is 0 Å². The van der Waals surface area contributed by atoms with Gasteiger partial charge in [-0.05, 0) is 24.3 Å². The van der Waals surface area contributed by atoms with Crippen molar-refractivity contribution in [1.29, 1.82) is 0 Å². The van der Waals surface area contributed by atoms with Crippen LogP contribution in [0.15, 0.2) is 34.5 Å². The maximum Gasteiger partial charge on any atom is 0.287 e. The fraction of sp³-hybridized carbons (Fsp3) is 0.444. The minimum Gasteiger partial charge on any atom is -0.364 e. The van der Waals surface area contributed by atoms with Crippen LogP contribution >= 0.6 is 0 Å². The minimum absolute atomic E-state index is 0.231. The standard InChI is InChI=1S/C18H14F8N4O4/c19-11(20)9-5-17(33,15(23)24)29(27-9)13(31)7-1-2-8(4-3-7)14(32)30-18(34,16(25)26)6-10(28-30)12(21)22/h1-4,11-12,15-16,33-34H,5-6H2. The molecule has 0 aliphatic carbocycles. The van der Waals surface area contributed by atoms with Crippen molar-refractivity contribution in [3.8, 4) is 0 Å². The number of nitrogens with zero attached hydrogens (tertiary/aromatic N) is 4. The maximum absolute atomic E-state index is 13.3. The van der Waals surface area contributed by atoms with E-state index in [0.717, 1.165) is 24.3 Å². The van der Waals surface area contributed by atoms with Gasteiger partial charge in [0.05, 0.1) is 0 Å². The number of carbonyl (C=O) groups excluding carboxylic acids is 2. The normalized spacial score (nSPS) is 25.1. The van der Waals surface area contributed by atoms with Crippen molar-refractivity contribution in [3.63, 3.8) is 0 Å². The lowest BCUT2D eigenvalue weighted by Crippen LogP contribution is -2.52. The van der Waals surface area contributed by atoms with Gasteiger partial charge in [-0.15, -0.1) is 0 Å². The Morgan fingerprint density at radius 1 is 0.706 bits per heavy atom. The van der Waals surface area contributed by atoms with Crippen molar-refractivity contribution in [2.24, 2.45) is 10.2 Å². The van der Waals surface area contributed by atoms with Gasteiger partial charge >= 0.3 is 0 Å². The van der Waals surface area contributed by atoms with Crippen LogP contribution in [0.1, 0.15) is 33.6 Å². The number of aliphatic hydroxyl groups is 2. The molecule has 0 bridgehead atoms. The maximum atomic E-state index is 13.3. The van der Waals surface area contributed by atoms with Gasteiger partial charge in [0, 0.05) is 24.0 Å². The molecule has 0 aromatic heterocycles. The third kappa shape index (κ3) is 4.22. The Kier molecular flexibility index (Phi) is 6.67. The molecule has 2 heterocycles. The summed E-state index contributed by atoms with van der Waals surface area (Å²) in [5.74, 6) is -2.92. The third-order valence-electron chi connectivity index (χ3n) is 5.04. The third-order valence-corrected chi connectivity index (χ3v) is 5.04. The summed E-state index contributed by atoms with van der Waals surface area (Å²) in [5, 5.41) is 25.7. The summed E-state index contributed by atoms with van der Waals surface area (Å²) in [5.41, 5.74) is -10.1. The molecule has 1 aromatic carbocycles. The fourth-order valence-electron chi connectivity index (χ4n) is 3.21. The first-order chi connectivity index (χ1) is 15.7. The van der Waals surface area contributed by atoms with Crippen molar-refractivity contribution in [3.05, 3.63) is 35.4 Å². The molecule has 16 heteroatoms. The number of rotatable bonds is 6. The molecule has 3 rings (SSSR count). The van der Waals surface area contributed by atoms with Crippen molar-refractivity contribution in [2.45, 2.75) is 50.0 Å². The lowest BCUT2D eigenvalue weighted by molar-refractivity contribution is -0.164. The number of hydrazone groups is 2. The highest BCUT2D eigenvalue weighted by molar-refractivity contribution is 6.01. The van der Waals surface area contributed by atoms with Crippen LogP contribution in [0, 0.1) is 0 Å². The predicted octanol–water partition coefficient (Wildman–Crippen LogP) is 2.53. The van der Waals surface area contributed by atoms with E-state index < -0.39 is 84.4 Å². The Bertz CT molecular complexity index is 954. The van der Waals surface area contributed by atoms with E-state index in [1.165, 1.54) is 0 Å². The van der Waals surface area contributed by atoms with E-state index >= 15 is 0 Å². The Morgan fingerprint density at radius 2 is 1.00 bits per heavy atom. The molecule has 0 spiro atoms. The molecular formula is C18H14F8N4O4. The number of benzene rings is 1. The summed E-state index contributed by atoms with van der Waals surface area (Å²) in [6.07, 6.45) is -16.7. The first-order valence-electron chi connectivity index (χ1n) is 9.23. The van der Waals surface area contributed by atoms with Crippen LogP contribution in [-0.2, 0) is 0 Å². The Balaban J connectivity index is 1.88. The Labute approximate surface area is 184 Å². The highest BCUT2D eigenvalue weighted by atomic mass is 19.3. The molecule has 1 aromatic rings. The van der Waals surface area contributed by atoms with Crippen molar-refractivity contribution >= 4 is 23.2 Å². The van der Waals surface area contributed by atoms with E-state index in [1.807, 2.05) is 0 Å². The lowest BCUT2D eigenvalue weighted by atomic mass is 10.0. The smallest absolute Gasteiger partial charge is 0.287 e. The largest absolute Gasteiger partial charge is 0.364 e. The summed E-state index contributed by atoms with van der Waals surface area (Å²) in [6.45, 7) is 0. The average Bonchev–Trinajstić information content (AvgIpc) is 3.32. The van der Waals surface area contributed by atoms with Gasteiger partial charge in [0.2, 0.25) is 11.4 Å². The highest BCUT2D eigenvalue weighted by Crippen LogP contribution is 2.36. The van der Waals surface area contributed by atoms with E-state index in [2.05, 4.69) is 10.2 Å². The molecule has 0 fully saturated rings. The van der Waals surface area contributed by atoms with Crippen LogP contribution in [0.2, 0.25) is 0 Å². The van der Waals surface area contributed by atoms with Crippen LogP contribution in [0.3, 0.4) is 0 Å². The van der Waals surface area contributed by atoms with Gasteiger partial charge in [-0.25, -0.2) is 35.1 Å². The van der Waals surface area contributed by atoms with E-state index in [4.69, 9.17) is 0 Å². The summed E-state index contributed by atoms with van der Waals surface area (Å²) < 4.78 is 105. The first-order valence-corrected chi connectivity index (χ1v) is 9.23. The number of hydrogen-bond acceptors (Lipinski definition) is 6. The Morgan fingerprint density at radius 3 is 1.24 bits per heavy atom. The molecule has 2 N–H and O–H groups in total. The van der Waals surface area contributed by atoms with Gasteiger partial charge in [0.25, 0.3) is 37.5 Å². The second kappa shape index (κ2) is 8.90. The van der Waals surface area contributed by atoms with Crippen LogP contribution in [0.25, 0.3) is 0 Å². The molecule has 0 saturated heterocycles. The van der Waals surface area contributed by atoms with Gasteiger partial charge in [-0.1, -0.05) is 0 Å². The van der Waals surface area contributed by atoms with Gasteiger partial charge < -0.3 is 10.2 Å². The zero-order chi connectivity index (χ0) is 25.6. The molecule has 8 nitrogen and oxygen atoms in total. The molecule has 2 aliphatic heterocycles. The van der Waals surface area contributed by atoms with E-state index in [0.29, 0.717) is 0 Å². The van der Waals surface area contributed by atoms with Gasteiger partial charge in [-0.2, -0.15) is 20.2 Å². The molecule has 2 amide bonds. The number of alkyl halides is 8. The monoisotopic (exact) mass is 502 g/mol. The topological polar surface area (TPSA) is 106 Å². The average molecular weight is 502 g/mol. The lowest BCUT2D eigenvalue weighted by Gasteiger charge is -2.30. The molecule has 2 aliphatic rings. The number of hydrogen-bond donors (Lipinski definition) is 2. The Hall–Kier alpha value is -3.14. The minimum atomic E-state index is -3.68. The molecule has 2 atom stereocenters. The molecule has 186 valence electrons. The van der Waals surface area contributed by atoms with E-state index in [1.54, 1.807) is 0 Å². The molecule has 0 saturated carbocycles. The van der Waals surface area contributed by atoms with Gasteiger partial charge in [-0.3, -0.25) is 9.59 Å². The van der Waals surface area contributed by atoms with Crippen molar-refractivity contribution in [2.75, 3.05) is 0 Å². The first kappa shape index (κ1) is 25.5. The summed E-state index contributed by atoms with van der Waals surface area (Å²) in [7, 11) is 0. The van der Waals surface area contributed by atoms with E-state index in [9.17, 15) is 54.9 Å². The highest BCUT2D eigenvalue weighted by Gasteiger charge is 2.54. The molecule has 2 unspecified atom stereocenters. The fourth-order valence-corrected chi connectivity index (χ4v) is 3.21. The predicted molar refractivity (Wildman–Crippen MR) is 96.8 cm³/mol. The van der Waals surface area contributed by atoms with Crippen molar-refractivity contribution < 1.29 is 54.9 Å². The second-order valence-electron chi connectivity index (χ2n) is 7.31. The summed E-state index contributed by atoms with van der Waals surface area (Å²) in [6, 6.07) is 3.14. The zero-order valence-electron chi connectivity index (χ0n) is 16.6. The SMILES string of the molecule is O=C(c1ccc(C(=O)N2N=C(C(F)F)CC2(O)C(F)F)cc1)N1N=C(C(F)F)CC1(O)C(F)F. The second-order valence-corrected chi connectivity index (χ2v) is 7.31. The number of amides is 2. The van der Waals surface area contributed by atoms with E-state index in [-0.39, 0.29) is 10.0 Å². The molecule has 0 radical (unpaired) electrons. The van der Waals surface area contributed by atoms with Crippen LogP contribution in [0.4, 0.5) is 35.1 Å². The van der Waals surface area contributed by atoms with Gasteiger partial charge in [0.1, 0.15) is 11.4 Å². The van der Waals surface area contributed by atoms with Crippen LogP contribution in [-0.4, -0.2) is 80.6 Å². The summed E-state index contributed by atoms with van der Waals surface area (Å²) in [4.78, 5) is 25.0.